The molecular formula is C24H16Cl3N3O3. The smallest absolute Gasteiger partial charge is 0.283 e. The van der Waals surface area contributed by atoms with Gasteiger partial charge < -0.3 is 10.6 Å². The number of anilines is 3. The summed E-state index contributed by atoms with van der Waals surface area (Å²) in [5.41, 5.74) is 2.42. The summed E-state index contributed by atoms with van der Waals surface area (Å²) in [6.07, 6.45) is 0. The van der Waals surface area contributed by atoms with Crippen LogP contribution < -0.4 is 15.5 Å². The van der Waals surface area contributed by atoms with Gasteiger partial charge in [0.1, 0.15) is 10.7 Å². The lowest BCUT2D eigenvalue weighted by Gasteiger charge is -2.16. The summed E-state index contributed by atoms with van der Waals surface area (Å²) in [5, 5.41) is 6.49. The molecule has 3 amide bonds. The maximum Gasteiger partial charge on any atom is 0.283 e. The normalized spacial score (nSPS) is 13.5. The molecule has 9 heteroatoms. The Labute approximate surface area is 204 Å². The molecule has 0 saturated carbocycles. The molecule has 0 aromatic heterocycles. The molecule has 0 saturated heterocycles. The number of hydrogen-bond acceptors (Lipinski definition) is 4. The van der Waals surface area contributed by atoms with Gasteiger partial charge in [0.2, 0.25) is 0 Å². The second kappa shape index (κ2) is 9.27. The number of amides is 3. The molecule has 1 aliphatic heterocycles. The number of aryl methyl sites for hydroxylation is 1. The first-order chi connectivity index (χ1) is 15.7. The maximum absolute atomic E-state index is 13.0. The Morgan fingerprint density at radius 1 is 0.818 bits per heavy atom. The van der Waals surface area contributed by atoms with Gasteiger partial charge in [0.15, 0.2) is 0 Å². The minimum absolute atomic E-state index is 0.0741. The highest BCUT2D eigenvalue weighted by atomic mass is 35.5. The molecule has 6 nitrogen and oxygen atoms in total. The van der Waals surface area contributed by atoms with E-state index in [9.17, 15) is 14.4 Å². The van der Waals surface area contributed by atoms with Gasteiger partial charge in [-0.15, -0.1) is 0 Å². The van der Waals surface area contributed by atoms with Gasteiger partial charge in [-0.1, -0.05) is 40.9 Å². The van der Waals surface area contributed by atoms with Crippen LogP contribution in [0.3, 0.4) is 0 Å². The zero-order chi connectivity index (χ0) is 23.7. The highest BCUT2D eigenvalue weighted by Crippen LogP contribution is 2.31. The van der Waals surface area contributed by atoms with Gasteiger partial charge in [0.05, 0.1) is 5.69 Å². The summed E-state index contributed by atoms with van der Waals surface area (Å²) < 4.78 is 0. The van der Waals surface area contributed by atoms with Crippen molar-refractivity contribution < 1.29 is 14.4 Å². The van der Waals surface area contributed by atoms with Gasteiger partial charge >= 0.3 is 0 Å². The first-order valence-corrected chi connectivity index (χ1v) is 10.9. The lowest BCUT2D eigenvalue weighted by Crippen LogP contribution is -2.32. The lowest BCUT2D eigenvalue weighted by molar-refractivity contribution is -0.120. The Hall–Kier alpha value is -3.32. The van der Waals surface area contributed by atoms with Crippen molar-refractivity contribution in [3.05, 3.63) is 98.6 Å². The van der Waals surface area contributed by atoms with Gasteiger partial charge in [0.25, 0.3) is 17.7 Å². The van der Waals surface area contributed by atoms with E-state index in [-0.39, 0.29) is 16.6 Å². The number of nitrogens with one attached hydrogen (secondary N) is 2. The number of hydrogen-bond donors (Lipinski definition) is 2. The third-order valence-corrected chi connectivity index (χ3v) is 5.83. The summed E-state index contributed by atoms with van der Waals surface area (Å²) in [6, 6.07) is 17.9. The molecule has 0 radical (unpaired) electrons. The third kappa shape index (κ3) is 4.73. The summed E-state index contributed by atoms with van der Waals surface area (Å²) >= 11 is 18.0. The van der Waals surface area contributed by atoms with Crippen LogP contribution in [-0.4, -0.2) is 17.7 Å². The van der Waals surface area contributed by atoms with Gasteiger partial charge in [0, 0.05) is 27.0 Å². The van der Waals surface area contributed by atoms with E-state index in [1.165, 1.54) is 0 Å². The van der Waals surface area contributed by atoms with Crippen molar-refractivity contribution in [2.75, 3.05) is 15.5 Å². The highest BCUT2D eigenvalue weighted by Gasteiger charge is 2.39. The van der Waals surface area contributed by atoms with Crippen LogP contribution in [0.1, 0.15) is 15.9 Å². The van der Waals surface area contributed by atoms with Crippen LogP contribution in [0.25, 0.3) is 0 Å². The van der Waals surface area contributed by atoms with Crippen molar-refractivity contribution in [1.29, 1.82) is 0 Å². The van der Waals surface area contributed by atoms with Gasteiger partial charge in [-0.05, 0) is 73.2 Å². The molecule has 1 aliphatic rings. The molecule has 166 valence electrons. The Morgan fingerprint density at radius 3 is 2.06 bits per heavy atom. The largest absolute Gasteiger partial charge is 0.349 e. The average Bonchev–Trinajstić information content (AvgIpc) is 3.00. The first-order valence-electron chi connectivity index (χ1n) is 9.73. The van der Waals surface area contributed by atoms with E-state index >= 15 is 0 Å². The zero-order valence-electron chi connectivity index (χ0n) is 17.2. The fourth-order valence-electron chi connectivity index (χ4n) is 3.21. The van der Waals surface area contributed by atoms with Crippen molar-refractivity contribution in [3.8, 4) is 0 Å². The molecule has 2 N–H and O–H groups in total. The van der Waals surface area contributed by atoms with Gasteiger partial charge in [-0.2, -0.15) is 0 Å². The number of halogens is 3. The number of carbonyl (C=O) groups excluding carboxylic acids is 3. The van der Waals surface area contributed by atoms with E-state index in [1.807, 2.05) is 0 Å². The standard InChI is InChI=1S/C24H16Cl3N3O3/c1-13-2-3-14(22(31)28-17-8-4-15(25)5-9-17)12-19(13)29-21-20(27)23(32)30(24(21)33)18-10-6-16(26)7-11-18/h2-12,29H,1H3,(H,28,31). The van der Waals surface area contributed by atoms with Crippen molar-refractivity contribution in [3.63, 3.8) is 0 Å². The number of benzene rings is 3. The summed E-state index contributed by atoms with van der Waals surface area (Å²) in [5.74, 6) is -1.61. The van der Waals surface area contributed by atoms with E-state index in [4.69, 9.17) is 34.8 Å². The van der Waals surface area contributed by atoms with Crippen LogP contribution in [0, 0.1) is 6.92 Å². The van der Waals surface area contributed by atoms with E-state index in [2.05, 4.69) is 10.6 Å². The number of rotatable bonds is 5. The maximum atomic E-state index is 13.0. The third-order valence-electron chi connectivity index (χ3n) is 4.97. The number of imide groups is 1. The van der Waals surface area contributed by atoms with Gasteiger partial charge in [-0.3, -0.25) is 14.4 Å². The van der Waals surface area contributed by atoms with Crippen LogP contribution in [0.5, 0.6) is 0 Å². The number of carbonyl (C=O) groups is 3. The van der Waals surface area contributed by atoms with E-state index < -0.39 is 11.8 Å². The molecule has 33 heavy (non-hydrogen) atoms. The lowest BCUT2D eigenvalue weighted by atomic mass is 10.1. The molecular weight excluding hydrogens is 485 g/mol. The topological polar surface area (TPSA) is 78.5 Å². The minimum atomic E-state index is -0.652. The second-order valence-corrected chi connectivity index (χ2v) is 8.48. The van der Waals surface area contributed by atoms with Crippen molar-refractivity contribution in [1.82, 2.24) is 0 Å². The van der Waals surface area contributed by atoms with Crippen molar-refractivity contribution in [2.24, 2.45) is 0 Å². The van der Waals surface area contributed by atoms with E-state index in [1.54, 1.807) is 73.7 Å². The molecule has 0 atom stereocenters. The average molecular weight is 501 g/mol. The molecule has 0 aliphatic carbocycles. The quantitative estimate of drug-likeness (QED) is 0.422. The molecule has 0 spiro atoms. The Balaban J connectivity index is 1.57. The van der Waals surface area contributed by atoms with Crippen LogP contribution in [0.2, 0.25) is 10.0 Å². The Bertz CT molecular complexity index is 1300. The van der Waals surface area contributed by atoms with E-state index in [0.29, 0.717) is 32.7 Å². The fourth-order valence-corrected chi connectivity index (χ4v) is 3.67. The molecule has 0 unspecified atom stereocenters. The molecule has 4 rings (SSSR count). The van der Waals surface area contributed by atoms with Crippen molar-refractivity contribution >= 4 is 69.6 Å². The Kier molecular flexibility index (Phi) is 6.42. The molecule has 0 bridgehead atoms. The number of nitrogens with zero attached hydrogens (tertiary/aromatic N) is 1. The summed E-state index contributed by atoms with van der Waals surface area (Å²) in [7, 11) is 0. The molecule has 3 aromatic carbocycles. The van der Waals surface area contributed by atoms with Crippen LogP contribution in [0.15, 0.2) is 77.5 Å². The predicted octanol–water partition coefficient (Wildman–Crippen LogP) is 5.99. The monoisotopic (exact) mass is 499 g/mol. The van der Waals surface area contributed by atoms with Crippen LogP contribution in [0.4, 0.5) is 17.1 Å². The summed E-state index contributed by atoms with van der Waals surface area (Å²) in [4.78, 5) is 39.3. The first kappa shape index (κ1) is 22.9. The zero-order valence-corrected chi connectivity index (χ0v) is 19.4. The summed E-state index contributed by atoms with van der Waals surface area (Å²) in [6.45, 7) is 1.80. The van der Waals surface area contributed by atoms with Crippen LogP contribution >= 0.6 is 34.8 Å². The van der Waals surface area contributed by atoms with Crippen molar-refractivity contribution in [2.45, 2.75) is 6.92 Å². The fraction of sp³-hybridized carbons (Fsp3) is 0.0417. The minimum Gasteiger partial charge on any atom is -0.349 e. The second-order valence-electron chi connectivity index (χ2n) is 7.23. The molecule has 0 fully saturated rings. The van der Waals surface area contributed by atoms with Gasteiger partial charge in [-0.25, -0.2) is 4.90 Å². The molecule has 3 aromatic rings. The Morgan fingerprint density at radius 2 is 1.42 bits per heavy atom. The van der Waals surface area contributed by atoms with E-state index in [0.717, 1.165) is 10.5 Å². The van der Waals surface area contributed by atoms with Crippen LogP contribution in [-0.2, 0) is 9.59 Å². The predicted molar refractivity (Wildman–Crippen MR) is 131 cm³/mol. The SMILES string of the molecule is Cc1ccc(C(=O)Nc2ccc(Cl)cc2)cc1NC1=C(Cl)C(=O)N(c2ccc(Cl)cc2)C1=O. The molecule has 1 heterocycles. The highest BCUT2D eigenvalue weighted by molar-refractivity contribution is 6.53.